The number of alkyl halides is 3. The quantitative estimate of drug-likeness (QED) is 0.535. The number of hydrogen-bond acceptors (Lipinski definition) is 5. The maximum Gasteiger partial charge on any atom is 0.416 e. The Kier molecular flexibility index (Phi) is 5.99. The third-order valence-electron chi connectivity index (χ3n) is 6.50. The summed E-state index contributed by atoms with van der Waals surface area (Å²) in [4.78, 5) is 20.5. The maximum atomic E-state index is 14.0. The number of nitrogens with one attached hydrogen (secondary N) is 1. The SMILES string of the molecule is O=C(Nc1cnn2ccc(N3CCCC3c3cc(F)ccc3C(F)(F)F)nc12)N1CCCC(O)C1. The molecule has 4 heterocycles. The van der Waals surface area contributed by atoms with Crippen molar-refractivity contribution < 1.29 is 27.5 Å². The molecule has 2 saturated heterocycles. The van der Waals surface area contributed by atoms with Crippen molar-refractivity contribution in [2.75, 3.05) is 29.9 Å². The van der Waals surface area contributed by atoms with Gasteiger partial charge in [0, 0.05) is 25.8 Å². The first-order chi connectivity index (χ1) is 16.7. The first kappa shape index (κ1) is 23.3. The van der Waals surface area contributed by atoms with Crippen LogP contribution in [-0.2, 0) is 6.18 Å². The number of likely N-dealkylation sites (tertiary alicyclic amines) is 1. The topological polar surface area (TPSA) is 86.0 Å². The predicted molar refractivity (Wildman–Crippen MR) is 120 cm³/mol. The lowest BCUT2D eigenvalue weighted by Crippen LogP contribution is -2.44. The number of amides is 2. The number of fused-ring (bicyclic) bond motifs is 1. The minimum absolute atomic E-state index is 0.123. The number of β-amino-alcohol motifs (C(OH)–C–C–N with tert-alkyl or cyclic N) is 1. The molecule has 186 valence electrons. The number of carbonyl (C=O) groups is 1. The molecular weight excluding hydrogens is 468 g/mol. The van der Waals surface area contributed by atoms with Gasteiger partial charge in [-0.3, -0.25) is 0 Å². The summed E-state index contributed by atoms with van der Waals surface area (Å²) in [6.45, 7) is 1.20. The standard InChI is InChI=1S/C23H24F4N6O2/c24-14-5-6-17(23(25,26)27)16(11-14)19-4-2-9-32(19)20-7-10-33-21(30-20)18(12-28-33)29-22(35)31-8-1-3-15(34)13-31/h5-7,10-12,15,19,34H,1-4,8-9,13H2,(H,29,35). The average molecular weight is 492 g/mol. The molecule has 35 heavy (non-hydrogen) atoms. The lowest BCUT2D eigenvalue weighted by Gasteiger charge is -2.30. The number of rotatable bonds is 3. The summed E-state index contributed by atoms with van der Waals surface area (Å²) in [6, 6.07) is 3.09. The molecule has 0 radical (unpaired) electrons. The highest BCUT2D eigenvalue weighted by molar-refractivity contribution is 5.93. The number of anilines is 2. The van der Waals surface area contributed by atoms with Crippen molar-refractivity contribution in [1.82, 2.24) is 19.5 Å². The summed E-state index contributed by atoms with van der Waals surface area (Å²) in [6.07, 6.45) is 0.250. The van der Waals surface area contributed by atoms with Gasteiger partial charge in [-0.2, -0.15) is 18.3 Å². The van der Waals surface area contributed by atoms with E-state index in [1.165, 1.54) is 15.6 Å². The number of aliphatic hydroxyl groups excluding tert-OH is 1. The molecule has 0 bridgehead atoms. The third-order valence-corrected chi connectivity index (χ3v) is 6.50. The highest BCUT2D eigenvalue weighted by Gasteiger charge is 2.38. The average Bonchev–Trinajstić information content (AvgIpc) is 3.45. The molecule has 2 aliphatic rings. The molecule has 2 aromatic heterocycles. The number of aliphatic hydroxyl groups is 1. The van der Waals surface area contributed by atoms with Crippen LogP contribution >= 0.6 is 0 Å². The van der Waals surface area contributed by atoms with Crippen molar-refractivity contribution >= 4 is 23.2 Å². The Balaban J connectivity index is 1.45. The van der Waals surface area contributed by atoms with E-state index < -0.39 is 29.7 Å². The van der Waals surface area contributed by atoms with Gasteiger partial charge >= 0.3 is 12.2 Å². The highest BCUT2D eigenvalue weighted by atomic mass is 19.4. The van der Waals surface area contributed by atoms with Crippen molar-refractivity contribution in [2.45, 2.75) is 44.0 Å². The van der Waals surface area contributed by atoms with Crippen LogP contribution in [0, 0.1) is 5.82 Å². The van der Waals surface area contributed by atoms with E-state index in [1.807, 2.05) is 0 Å². The van der Waals surface area contributed by atoms with Gasteiger partial charge in [0.2, 0.25) is 0 Å². The Morgan fingerprint density at radius 1 is 1.14 bits per heavy atom. The first-order valence-corrected chi connectivity index (χ1v) is 11.4. The molecule has 3 aromatic rings. The predicted octanol–water partition coefficient (Wildman–Crippen LogP) is 4.22. The molecule has 2 atom stereocenters. The Morgan fingerprint density at radius 3 is 2.71 bits per heavy atom. The highest BCUT2D eigenvalue weighted by Crippen LogP contribution is 2.42. The van der Waals surface area contributed by atoms with E-state index in [-0.39, 0.29) is 18.1 Å². The van der Waals surface area contributed by atoms with Gasteiger partial charge in [0.1, 0.15) is 17.3 Å². The van der Waals surface area contributed by atoms with Gasteiger partial charge in [0.25, 0.3) is 0 Å². The van der Waals surface area contributed by atoms with Gasteiger partial charge in [-0.15, -0.1) is 0 Å². The monoisotopic (exact) mass is 492 g/mol. The van der Waals surface area contributed by atoms with E-state index in [4.69, 9.17) is 0 Å². The van der Waals surface area contributed by atoms with Crippen LogP contribution in [0.1, 0.15) is 42.9 Å². The fraction of sp³-hybridized carbons (Fsp3) is 0.435. The summed E-state index contributed by atoms with van der Waals surface area (Å²) in [5, 5.41) is 16.8. The fourth-order valence-corrected chi connectivity index (χ4v) is 4.87. The molecule has 1 aromatic carbocycles. The van der Waals surface area contributed by atoms with E-state index in [0.29, 0.717) is 55.9 Å². The number of halogens is 4. The number of carbonyl (C=O) groups excluding carboxylic acids is 1. The van der Waals surface area contributed by atoms with Crippen molar-refractivity contribution in [3.05, 3.63) is 53.6 Å². The van der Waals surface area contributed by atoms with Crippen LogP contribution in [0.5, 0.6) is 0 Å². The Hall–Kier alpha value is -3.41. The van der Waals surface area contributed by atoms with E-state index in [2.05, 4.69) is 15.4 Å². The third kappa shape index (κ3) is 4.62. The second-order valence-electron chi connectivity index (χ2n) is 8.87. The zero-order valence-electron chi connectivity index (χ0n) is 18.7. The van der Waals surface area contributed by atoms with Crippen LogP contribution < -0.4 is 10.2 Å². The van der Waals surface area contributed by atoms with Gasteiger partial charge in [-0.05, 0) is 55.5 Å². The number of hydrogen-bond donors (Lipinski definition) is 2. The van der Waals surface area contributed by atoms with Crippen molar-refractivity contribution in [1.29, 1.82) is 0 Å². The molecule has 2 amide bonds. The molecule has 2 N–H and O–H groups in total. The summed E-state index contributed by atoms with van der Waals surface area (Å²) >= 11 is 0. The van der Waals surface area contributed by atoms with E-state index >= 15 is 0 Å². The lowest BCUT2D eigenvalue weighted by atomic mass is 9.97. The Morgan fingerprint density at radius 2 is 1.94 bits per heavy atom. The van der Waals surface area contributed by atoms with Gasteiger partial charge in [0.05, 0.1) is 23.9 Å². The Bertz CT molecular complexity index is 1250. The molecule has 0 saturated carbocycles. The Labute approximate surface area is 198 Å². The molecule has 2 fully saturated rings. The fourth-order valence-electron chi connectivity index (χ4n) is 4.87. The van der Waals surface area contributed by atoms with Gasteiger partial charge in [0.15, 0.2) is 5.65 Å². The molecule has 8 nitrogen and oxygen atoms in total. The zero-order chi connectivity index (χ0) is 24.7. The molecule has 5 rings (SSSR count). The largest absolute Gasteiger partial charge is 0.416 e. The molecule has 2 aliphatic heterocycles. The first-order valence-electron chi connectivity index (χ1n) is 11.4. The van der Waals surface area contributed by atoms with Gasteiger partial charge < -0.3 is 20.2 Å². The minimum Gasteiger partial charge on any atom is -0.391 e. The summed E-state index contributed by atoms with van der Waals surface area (Å²) < 4.78 is 56.4. The number of benzene rings is 1. The minimum atomic E-state index is -4.61. The number of urea groups is 1. The molecule has 0 aliphatic carbocycles. The van der Waals surface area contributed by atoms with E-state index in [9.17, 15) is 27.5 Å². The molecule has 0 spiro atoms. The zero-order valence-corrected chi connectivity index (χ0v) is 18.7. The number of aromatic nitrogens is 3. The van der Waals surface area contributed by atoms with Crippen LogP contribution in [0.3, 0.4) is 0 Å². The van der Waals surface area contributed by atoms with Gasteiger partial charge in [-0.25, -0.2) is 18.7 Å². The molecule has 12 heteroatoms. The van der Waals surface area contributed by atoms with Crippen LogP contribution in [0.15, 0.2) is 36.7 Å². The van der Waals surface area contributed by atoms with Crippen LogP contribution in [0.4, 0.5) is 33.9 Å². The van der Waals surface area contributed by atoms with Crippen molar-refractivity contribution in [3.63, 3.8) is 0 Å². The second kappa shape index (κ2) is 8.99. The molecular formula is C23H24F4N6O2. The second-order valence-corrected chi connectivity index (χ2v) is 8.87. The normalized spacial score (nSPS) is 21.1. The smallest absolute Gasteiger partial charge is 0.391 e. The van der Waals surface area contributed by atoms with Crippen LogP contribution in [-0.4, -0.2) is 56.4 Å². The summed E-state index contributed by atoms with van der Waals surface area (Å²) in [5.41, 5.74) is -0.316. The summed E-state index contributed by atoms with van der Waals surface area (Å²) in [5.74, 6) is -0.325. The van der Waals surface area contributed by atoms with Crippen molar-refractivity contribution in [2.24, 2.45) is 0 Å². The van der Waals surface area contributed by atoms with E-state index in [1.54, 1.807) is 17.2 Å². The van der Waals surface area contributed by atoms with Crippen LogP contribution in [0.2, 0.25) is 0 Å². The molecule has 2 unspecified atom stereocenters. The maximum absolute atomic E-state index is 14.0. The van der Waals surface area contributed by atoms with Crippen LogP contribution in [0.25, 0.3) is 5.65 Å². The summed E-state index contributed by atoms with van der Waals surface area (Å²) in [7, 11) is 0. The number of nitrogens with zero attached hydrogens (tertiary/aromatic N) is 5. The lowest BCUT2D eigenvalue weighted by molar-refractivity contribution is -0.138. The van der Waals surface area contributed by atoms with Crippen molar-refractivity contribution in [3.8, 4) is 0 Å². The van der Waals surface area contributed by atoms with E-state index in [0.717, 1.165) is 18.2 Å². The number of piperidine rings is 1. The van der Waals surface area contributed by atoms with Gasteiger partial charge in [-0.1, -0.05) is 0 Å².